The van der Waals surface area contributed by atoms with Crippen molar-refractivity contribution in [2.24, 2.45) is 0 Å². The zero-order valence-electron chi connectivity index (χ0n) is 14.6. The smallest absolute Gasteiger partial charge is 0.340 e. The molecule has 0 spiro atoms. The maximum Gasteiger partial charge on any atom is 0.340 e. The van der Waals surface area contributed by atoms with E-state index in [1.165, 1.54) is 6.20 Å². The number of ether oxygens (including phenoxy) is 1. The summed E-state index contributed by atoms with van der Waals surface area (Å²) in [5.41, 5.74) is 2.20. The van der Waals surface area contributed by atoms with Crippen LogP contribution in [0.3, 0.4) is 0 Å². The number of H-pyrrole nitrogens is 1. The van der Waals surface area contributed by atoms with Gasteiger partial charge in [-0.15, -0.1) is 0 Å². The minimum Gasteiger partial charge on any atom is -0.445 e. The Hall–Kier alpha value is -3.25. The topological polar surface area (TPSA) is 72.1 Å². The number of nitrogens with one attached hydrogen (secondary N) is 1. The second kappa shape index (κ2) is 7.78. The van der Waals surface area contributed by atoms with Crippen LogP contribution in [0.1, 0.15) is 32.4 Å². The molecule has 0 aliphatic rings. The fraction of sp³-hybridized carbons (Fsp3) is 0.0455. The number of benzene rings is 2. The van der Waals surface area contributed by atoms with E-state index in [0.29, 0.717) is 15.6 Å². The monoisotopic (exact) mass is 434 g/mol. The summed E-state index contributed by atoms with van der Waals surface area (Å²) in [6, 6.07) is 18.1. The molecule has 0 saturated heterocycles. The third kappa shape index (κ3) is 3.59. The fourth-order valence-electron chi connectivity index (χ4n) is 3.02. The second-order valence-corrected chi connectivity index (χ2v) is 7.12. The lowest BCUT2D eigenvalue weighted by Gasteiger charge is -2.17. The molecule has 0 bridgehead atoms. The van der Waals surface area contributed by atoms with E-state index in [2.05, 4.69) is 25.9 Å². The number of hydrogen-bond acceptors (Lipinski definition) is 4. The Labute approximate surface area is 169 Å². The van der Waals surface area contributed by atoms with Crippen LogP contribution in [0.25, 0.3) is 10.9 Å². The molecule has 0 saturated carbocycles. The molecular weight excluding hydrogens is 420 g/mol. The van der Waals surface area contributed by atoms with Crippen molar-refractivity contribution >= 4 is 38.6 Å². The van der Waals surface area contributed by atoms with Gasteiger partial charge in [0, 0.05) is 45.1 Å². The largest absolute Gasteiger partial charge is 0.445 e. The van der Waals surface area contributed by atoms with Gasteiger partial charge in [0.15, 0.2) is 6.10 Å². The Kier molecular flexibility index (Phi) is 5.04. The van der Waals surface area contributed by atoms with E-state index in [0.717, 1.165) is 10.9 Å². The SMILES string of the molecule is O=C(O[C@H](C(=O)c1c[nH]c2ccccc12)c1ccccc1)c1cncc(Br)c1. The molecule has 5 nitrogen and oxygen atoms in total. The molecule has 2 heterocycles. The van der Waals surface area contributed by atoms with Crippen LogP contribution in [0.5, 0.6) is 0 Å². The number of aromatic nitrogens is 2. The highest BCUT2D eigenvalue weighted by Crippen LogP contribution is 2.28. The molecule has 0 radical (unpaired) electrons. The summed E-state index contributed by atoms with van der Waals surface area (Å²) in [6.45, 7) is 0. The molecule has 1 atom stereocenters. The highest BCUT2D eigenvalue weighted by atomic mass is 79.9. The molecule has 0 aliphatic heterocycles. The number of para-hydroxylation sites is 1. The molecule has 0 aliphatic carbocycles. The summed E-state index contributed by atoms with van der Waals surface area (Å²) in [5, 5.41) is 0.786. The van der Waals surface area contributed by atoms with Gasteiger partial charge >= 0.3 is 5.97 Å². The van der Waals surface area contributed by atoms with Crippen LogP contribution in [0.15, 0.2) is 83.7 Å². The molecule has 2 aromatic carbocycles. The number of carbonyl (C=O) groups excluding carboxylic acids is 2. The fourth-order valence-corrected chi connectivity index (χ4v) is 3.38. The van der Waals surface area contributed by atoms with Gasteiger partial charge in [-0.05, 0) is 28.1 Å². The average Bonchev–Trinajstić information content (AvgIpc) is 3.16. The van der Waals surface area contributed by atoms with Crippen LogP contribution in [-0.4, -0.2) is 21.7 Å². The van der Waals surface area contributed by atoms with Crippen molar-refractivity contribution in [3.8, 4) is 0 Å². The summed E-state index contributed by atoms with van der Waals surface area (Å²) in [7, 11) is 0. The van der Waals surface area contributed by atoms with Crippen LogP contribution in [-0.2, 0) is 4.74 Å². The molecule has 4 rings (SSSR count). The lowest BCUT2D eigenvalue weighted by Crippen LogP contribution is -2.20. The first-order valence-corrected chi connectivity index (χ1v) is 9.39. The number of carbonyl (C=O) groups is 2. The molecule has 0 amide bonds. The summed E-state index contributed by atoms with van der Waals surface area (Å²) in [6.07, 6.45) is 3.57. The van der Waals surface area contributed by atoms with E-state index in [1.54, 1.807) is 42.7 Å². The van der Waals surface area contributed by atoms with E-state index in [4.69, 9.17) is 4.74 Å². The van der Waals surface area contributed by atoms with Crippen molar-refractivity contribution in [1.82, 2.24) is 9.97 Å². The first kappa shape index (κ1) is 18.1. The van der Waals surface area contributed by atoms with Gasteiger partial charge in [-0.3, -0.25) is 9.78 Å². The van der Waals surface area contributed by atoms with E-state index in [9.17, 15) is 9.59 Å². The number of nitrogens with zero attached hydrogens (tertiary/aromatic N) is 1. The number of hydrogen-bond donors (Lipinski definition) is 1. The third-order valence-corrected chi connectivity index (χ3v) is 4.79. The normalized spacial score (nSPS) is 11.9. The number of ketones is 1. The van der Waals surface area contributed by atoms with Gasteiger partial charge in [0.2, 0.25) is 5.78 Å². The van der Waals surface area contributed by atoms with Crippen molar-refractivity contribution in [2.45, 2.75) is 6.10 Å². The Morgan fingerprint density at radius 3 is 2.54 bits per heavy atom. The standard InChI is InChI=1S/C22H15BrN2O3/c23-16-10-15(11-24-12-16)22(27)28-21(14-6-2-1-3-7-14)20(26)18-13-25-19-9-5-4-8-17(18)19/h1-13,21,25H/t21-/m0/s1. The average molecular weight is 435 g/mol. The lowest BCUT2D eigenvalue weighted by molar-refractivity contribution is 0.0280. The summed E-state index contributed by atoms with van der Waals surface area (Å²) < 4.78 is 6.30. The van der Waals surface area contributed by atoms with Crippen LogP contribution >= 0.6 is 15.9 Å². The molecule has 2 aromatic heterocycles. The lowest BCUT2D eigenvalue weighted by atomic mass is 9.99. The molecule has 4 aromatic rings. The van der Waals surface area contributed by atoms with E-state index in [-0.39, 0.29) is 11.3 Å². The number of esters is 1. The van der Waals surface area contributed by atoms with E-state index >= 15 is 0 Å². The minimum atomic E-state index is -1.06. The minimum absolute atomic E-state index is 0.266. The van der Waals surface area contributed by atoms with Crippen molar-refractivity contribution < 1.29 is 14.3 Å². The van der Waals surface area contributed by atoms with Crippen LogP contribution in [0.4, 0.5) is 0 Å². The number of aromatic amines is 1. The number of pyridine rings is 1. The predicted octanol–water partition coefficient (Wildman–Crippen LogP) is 5.11. The third-order valence-electron chi connectivity index (χ3n) is 4.36. The van der Waals surface area contributed by atoms with Crippen LogP contribution in [0.2, 0.25) is 0 Å². The van der Waals surface area contributed by atoms with Gasteiger partial charge in [0.25, 0.3) is 0 Å². The molecular formula is C22H15BrN2O3. The Balaban J connectivity index is 1.72. The molecule has 28 heavy (non-hydrogen) atoms. The maximum absolute atomic E-state index is 13.3. The predicted molar refractivity (Wildman–Crippen MR) is 109 cm³/mol. The molecule has 6 heteroatoms. The van der Waals surface area contributed by atoms with Gasteiger partial charge in [0.1, 0.15) is 0 Å². The van der Waals surface area contributed by atoms with Gasteiger partial charge < -0.3 is 9.72 Å². The van der Waals surface area contributed by atoms with Gasteiger partial charge in [-0.2, -0.15) is 0 Å². The Bertz CT molecular complexity index is 1150. The van der Waals surface area contributed by atoms with Crippen molar-refractivity contribution in [2.75, 3.05) is 0 Å². The molecule has 0 fully saturated rings. The van der Waals surface area contributed by atoms with Crippen LogP contribution in [0, 0.1) is 0 Å². The van der Waals surface area contributed by atoms with E-state index < -0.39 is 12.1 Å². The summed E-state index contributed by atoms with van der Waals surface area (Å²) in [5.74, 6) is -0.907. The highest BCUT2D eigenvalue weighted by Gasteiger charge is 2.28. The Morgan fingerprint density at radius 2 is 1.75 bits per heavy atom. The van der Waals surface area contributed by atoms with Gasteiger partial charge in [-0.1, -0.05) is 48.5 Å². The maximum atomic E-state index is 13.3. The van der Waals surface area contributed by atoms with Crippen molar-refractivity contribution in [1.29, 1.82) is 0 Å². The number of Topliss-reactive ketones (excluding diaryl/α,β-unsaturated/α-hetero) is 1. The quantitative estimate of drug-likeness (QED) is 0.350. The first-order chi connectivity index (χ1) is 13.6. The summed E-state index contributed by atoms with van der Waals surface area (Å²) >= 11 is 3.29. The highest BCUT2D eigenvalue weighted by molar-refractivity contribution is 9.10. The number of fused-ring (bicyclic) bond motifs is 1. The zero-order chi connectivity index (χ0) is 19.5. The van der Waals surface area contributed by atoms with Gasteiger partial charge in [0.05, 0.1) is 5.56 Å². The van der Waals surface area contributed by atoms with E-state index in [1.807, 2.05) is 30.3 Å². The van der Waals surface area contributed by atoms with Crippen molar-refractivity contribution in [3.63, 3.8) is 0 Å². The summed E-state index contributed by atoms with van der Waals surface area (Å²) in [4.78, 5) is 33.1. The van der Waals surface area contributed by atoms with Crippen molar-refractivity contribution in [3.05, 3.63) is 100 Å². The Morgan fingerprint density at radius 1 is 1.00 bits per heavy atom. The molecule has 138 valence electrons. The second-order valence-electron chi connectivity index (χ2n) is 6.20. The number of rotatable bonds is 5. The molecule has 1 N–H and O–H groups in total. The molecule has 0 unspecified atom stereocenters. The van der Waals surface area contributed by atoms with Crippen LogP contribution < -0.4 is 0 Å². The van der Waals surface area contributed by atoms with Gasteiger partial charge in [-0.25, -0.2) is 4.79 Å². The first-order valence-electron chi connectivity index (χ1n) is 8.60. The zero-order valence-corrected chi connectivity index (χ0v) is 16.2. The number of halogens is 1.